The lowest BCUT2D eigenvalue weighted by atomic mass is 10.0. The Labute approximate surface area is 287 Å². The molecule has 0 aromatic carbocycles. The average Bonchev–Trinajstić information content (AvgIpc) is 3.06. The molecule has 0 unspecified atom stereocenters. The summed E-state index contributed by atoms with van der Waals surface area (Å²) in [7, 11) is 0. The fourth-order valence-corrected chi connectivity index (χ4v) is 5.95. The van der Waals surface area contributed by atoms with Gasteiger partial charge in [0, 0.05) is 12.8 Å². The van der Waals surface area contributed by atoms with Crippen LogP contribution in [-0.4, -0.2) is 11.9 Å². The third kappa shape index (κ3) is 38.6. The minimum absolute atomic E-state index is 0.223. The zero-order chi connectivity index (χ0) is 33.4. The van der Waals surface area contributed by atoms with Gasteiger partial charge in [0.05, 0.1) is 12.5 Å². The maximum absolute atomic E-state index is 11.9. The van der Waals surface area contributed by atoms with Crippen LogP contribution in [0.1, 0.15) is 232 Å². The highest BCUT2D eigenvalue weighted by molar-refractivity contribution is 5.71. The zero-order valence-corrected chi connectivity index (χ0v) is 31.0. The number of carbonyl (C=O) groups is 2. The Balaban J connectivity index is 3.37. The van der Waals surface area contributed by atoms with E-state index in [4.69, 9.17) is 9.47 Å². The van der Waals surface area contributed by atoms with Crippen molar-refractivity contribution in [3.05, 3.63) is 24.7 Å². The third-order valence-electron chi connectivity index (χ3n) is 9.05. The van der Waals surface area contributed by atoms with Gasteiger partial charge in [-0.1, -0.05) is 181 Å². The zero-order valence-electron chi connectivity index (χ0n) is 31.0. The Morgan fingerprint density at radius 1 is 0.348 bits per heavy atom. The van der Waals surface area contributed by atoms with Crippen molar-refractivity contribution in [1.82, 2.24) is 0 Å². The molecule has 0 aliphatic heterocycles. The molecule has 0 aromatic heterocycles. The van der Waals surface area contributed by atoms with Crippen LogP contribution in [0.4, 0.5) is 0 Å². The molecule has 0 saturated carbocycles. The van der Waals surface area contributed by atoms with Gasteiger partial charge in [0.2, 0.25) is 0 Å². The predicted molar refractivity (Wildman–Crippen MR) is 199 cm³/mol. The van der Waals surface area contributed by atoms with Gasteiger partial charge < -0.3 is 9.47 Å². The highest BCUT2D eigenvalue weighted by Crippen LogP contribution is 2.15. The van der Waals surface area contributed by atoms with Crippen LogP contribution in [0, 0.1) is 0 Å². The first-order valence-electron chi connectivity index (χ1n) is 20.4. The summed E-state index contributed by atoms with van der Waals surface area (Å²) < 4.78 is 10.4. The molecule has 270 valence electrons. The van der Waals surface area contributed by atoms with Crippen molar-refractivity contribution in [3.63, 3.8) is 0 Å². The third-order valence-corrected chi connectivity index (χ3v) is 9.05. The Hall–Kier alpha value is -1.58. The summed E-state index contributed by atoms with van der Waals surface area (Å²) in [5.41, 5.74) is 0. The van der Waals surface area contributed by atoms with Crippen LogP contribution in [0.5, 0.6) is 0 Å². The Bertz CT molecular complexity index is 625. The van der Waals surface area contributed by atoms with E-state index < -0.39 is 0 Å². The monoisotopic (exact) mass is 647 g/mol. The SMILES string of the molecule is CCCCCCCCCCCCCCCCC=COC(=O)CCCCC(=O)OC=CCCCCCCCCCCCCCCCC. The summed E-state index contributed by atoms with van der Waals surface area (Å²) in [5, 5.41) is 0. The summed E-state index contributed by atoms with van der Waals surface area (Å²) in [4.78, 5) is 23.8. The lowest BCUT2D eigenvalue weighted by molar-refractivity contribution is -0.140. The fourth-order valence-electron chi connectivity index (χ4n) is 5.95. The lowest BCUT2D eigenvalue weighted by Crippen LogP contribution is -2.02. The van der Waals surface area contributed by atoms with Gasteiger partial charge in [-0.3, -0.25) is 9.59 Å². The van der Waals surface area contributed by atoms with Crippen molar-refractivity contribution < 1.29 is 19.1 Å². The molecule has 0 amide bonds. The molecule has 0 N–H and O–H groups in total. The molecule has 0 aliphatic carbocycles. The topological polar surface area (TPSA) is 52.6 Å². The molecule has 0 aromatic rings. The average molecular weight is 647 g/mol. The van der Waals surface area contributed by atoms with Crippen molar-refractivity contribution in [2.45, 2.75) is 232 Å². The van der Waals surface area contributed by atoms with Crippen molar-refractivity contribution in [3.8, 4) is 0 Å². The number of hydrogen-bond donors (Lipinski definition) is 0. The van der Waals surface area contributed by atoms with E-state index in [9.17, 15) is 9.59 Å². The molecule has 0 saturated heterocycles. The molecule has 0 atom stereocenters. The van der Waals surface area contributed by atoms with Gasteiger partial charge in [0.25, 0.3) is 0 Å². The highest BCUT2D eigenvalue weighted by Gasteiger charge is 2.04. The first-order valence-corrected chi connectivity index (χ1v) is 20.4. The van der Waals surface area contributed by atoms with Crippen molar-refractivity contribution >= 4 is 11.9 Å². The summed E-state index contributed by atoms with van der Waals surface area (Å²) in [6.07, 6.45) is 49.1. The van der Waals surface area contributed by atoms with Crippen LogP contribution >= 0.6 is 0 Å². The molecule has 0 heterocycles. The van der Waals surface area contributed by atoms with Crippen LogP contribution in [-0.2, 0) is 19.1 Å². The molecule has 0 aliphatic rings. The largest absolute Gasteiger partial charge is 0.435 e. The van der Waals surface area contributed by atoms with E-state index in [1.165, 1.54) is 167 Å². The number of esters is 2. The molecule has 4 heteroatoms. The van der Waals surface area contributed by atoms with Crippen molar-refractivity contribution in [2.24, 2.45) is 0 Å². The van der Waals surface area contributed by atoms with E-state index in [1.54, 1.807) is 12.5 Å². The Morgan fingerprint density at radius 3 is 0.848 bits per heavy atom. The molecule has 0 bridgehead atoms. The second-order valence-electron chi connectivity index (χ2n) is 13.7. The molecule has 0 rings (SSSR count). The predicted octanol–water partition coefficient (Wildman–Crippen LogP) is 14.4. The molecular weight excluding hydrogens is 568 g/mol. The molecule has 46 heavy (non-hydrogen) atoms. The van der Waals surface area contributed by atoms with Crippen LogP contribution in [0.15, 0.2) is 24.7 Å². The standard InChI is InChI=1S/C42H78O4/c1-3-5-7-9-11-13-15-17-19-21-23-25-27-29-31-35-39-45-41(43)37-33-34-38-42(44)46-40-36-32-30-28-26-24-22-20-18-16-14-12-10-8-6-4-2/h35-36,39-40H,3-34,37-38H2,1-2H3. The van der Waals surface area contributed by atoms with E-state index in [-0.39, 0.29) is 11.9 Å². The van der Waals surface area contributed by atoms with Gasteiger partial charge in [0.15, 0.2) is 0 Å². The van der Waals surface area contributed by atoms with Crippen molar-refractivity contribution in [1.29, 1.82) is 0 Å². The lowest BCUT2D eigenvalue weighted by Gasteiger charge is -2.03. The van der Waals surface area contributed by atoms with Crippen LogP contribution in [0.2, 0.25) is 0 Å². The number of carbonyl (C=O) groups excluding carboxylic acids is 2. The summed E-state index contributed by atoms with van der Waals surface area (Å²) in [5.74, 6) is -0.447. The second kappa shape index (κ2) is 39.6. The van der Waals surface area contributed by atoms with Crippen molar-refractivity contribution in [2.75, 3.05) is 0 Å². The van der Waals surface area contributed by atoms with E-state index in [0.717, 1.165) is 25.7 Å². The maximum Gasteiger partial charge on any atom is 0.310 e. The van der Waals surface area contributed by atoms with Crippen LogP contribution in [0.3, 0.4) is 0 Å². The summed E-state index contributed by atoms with van der Waals surface area (Å²) in [6, 6.07) is 0. The van der Waals surface area contributed by atoms with Gasteiger partial charge in [0.1, 0.15) is 0 Å². The smallest absolute Gasteiger partial charge is 0.310 e. The van der Waals surface area contributed by atoms with Gasteiger partial charge in [-0.25, -0.2) is 0 Å². The minimum atomic E-state index is -0.223. The number of unbranched alkanes of at least 4 members (excludes halogenated alkanes) is 29. The molecule has 0 radical (unpaired) electrons. The first-order chi connectivity index (χ1) is 22.7. The van der Waals surface area contributed by atoms with E-state index in [2.05, 4.69) is 13.8 Å². The van der Waals surface area contributed by atoms with E-state index >= 15 is 0 Å². The van der Waals surface area contributed by atoms with Gasteiger partial charge in [-0.2, -0.15) is 0 Å². The quantitative estimate of drug-likeness (QED) is 0.0383. The summed E-state index contributed by atoms with van der Waals surface area (Å²) in [6.45, 7) is 4.56. The van der Waals surface area contributed by atoms with Gasteiger partial charge in [-0.15, -0.1) is 0 Å². The van der Waals surface area contributed by atoms with Crippen LogP contribution < -0.4 is 0 Å². The van der Waals surface area contributed by atoms with E-state index in [1.807, 2.05) is 12.2 Å². The molecule has 0 fully saturated rings. The Kier molecular flexibility index (Phi) is 38.2. The maximum atomic E-state index is 11.9. The van der Waals surface area contributed by atoms with E-state index in [0.29, 0.717) is 25.7 Å². The van der Waals surface area contributed by atoms with Gasteiger partial charge in [-0.05, 0) is 50.7 Å². The highest BCUT2D eigenvalue weighted by atomic mass is 16.5. The molecule has 4 nitrogen and oxygen atoms in total. The number of rotatable bonds is 37. The minimum Gasteiger partial charge on any atom is -0.435 e. The number of ether oxygens (including phenoxy) is 2. The second-order valence-corrected chi connectivity index (χ2v) is 13.7. The molecule has 0 spiro atoms. The normalized spacial score (nSPS) is 11.6. The molecular formula is C42H78O4. The summed E-state index contributed by atoms with van der Waals surface area (Å²) >= 11 is 0. The number of allylic oxidation sites excluding steroid dienone is 2. The van der Waals surface area contributed by atoms with Crippen LogP contribution in [0.25, 0.3) is 0 Å². The Morgan fingerprint density at radius 2 is 0.587 bits per heavy atom. The first kappa shape index (κ1) is 44.4. The number of hydrogen-bond acceptors (Lipinski definition) is 4. The fraction of sp³-hybridized carbons (Fsp3) is 0.857. The van der Waals surface area contributed by atoms with Gasteiger partial charge >= 0.3 is 11.9 Å².